The summed E-state index contributed by atoms with van der Waals surface area (Å²) in [7, 11) is 0. The number of nitrogens with two attached hydrogens (primary N) is 1. The van der Waals surface area contributed by atoms with Crippen LogP contribution in [0.2, 0.25) is 0 Å². The number of carbonyl (C=O) groups excluding carboxylic acids is 1. The van der Waals surface area contributed by atoms with Crippen molar-refractivity contribution in [2.75, 3.05) is 0 Å². The fraction of sp³-hybridized carbons (Fsp3) is 0.0833. The third kappa shape index (κ3) is 5.50. The molecule has 0 aliphatic carbocycles. The van der Waals surface area contributed by atoms with E-state index in [-0.39, 0.29) is 0 Å². The molecule has 0 amide bonds. The van der Waals surface area contributed by atoms with Crippen molar-refractivity contribution in [2.45, 2.75) is 6.54 Å². The number of rotatable bonds is 3. The number of aldehydes is 1. The van der Waals surface area contributed by atoms with Crippen molar-refractivity contribution in [1.29, 1.82) is 0 Å². The average molecular weight is 230 g/mol. The Morgan fingerprint density at radius 2 is 1.88 bits per heavy atom. The summed E-state index contributed by atoms with van der Waals surface area (Å²) in [5.41, 5.74) is 4.26. The number of hydrogen-bond donors (Lipinski definition) is 2. The van der Waals surface area contributed by atoms with Gasteiger partial charge in [-0.3, -0.25) is 26.0 Å². The van der Waals surface area contributed by atoms with Gasteiger partial charge in [0, 0.05) is 36.9 Å². The Bertz CT molecular complexity index is 419. The Kier molecular flexibility index (Phi) is 6.17. The fourth-order valence-corrected chi connectivity index (χ4v) is 1.07. The Morgan fingerprint density at radius 1 is 1.18 bits per heavy atom. The molecule has 0 spiro atoms. The summed E-state index contributed by atoms with van der Waals surface area (Å²) in [4.78, 5) is 17.6. The second kappa shape index (κ2) is 8.09. The van der Waals surface area contributed by atoms with Crippen LogP contribution >= 0.6 is 0 Å². The molecule has 3 N–H and O–H groups in total. The summed E-state index contributed by atoms with van der Waals surface area (Å²) < 4.78 is 0. The number of carbonyl (C=O) groups is 1. The molecule has 5 nitrogen and oxygen atoms in total. The van der Waals surface area contributed by atoms with E-state index in [1.165, 1.54) is 6.20 Å². The molecule has 0 saturated heterocycles. The highest BCUT2D eigenvalue weighted by Crippen LogP contribution is 1.92. The molecule has 2 rings (SSSR count). The monoisotopic (exact) mass is 230 g/mol. The van der Waals surface area contributed by atoms with E-state index >= 15 is 0 Å². The molecule has 17 heavy (non-hydrogen) atoms. The van der Waals surface area contributed by atoms with E-state index < -0.39 is 0 Å². The van der Waals surface area contributed by atoms with E-state index in [2.05, 4.69) is 15.4 Å². The Balaban J connectivity index is 0.000000171. The normalized spacial score (nSPS) is 9.00. The maximum absolute atomic E-state index is 9.97. The summed E-state index contributed by atoms with van der Waals surface area (Å²) in [6, 6.07) is 7.28. The number of hydrogen-bond acceptors (Lipinski definition) is 5. The zero-order valence-electron chi connectivity index (χ0n) is 9.28. The van der Waals surface area contributed by atoms with Crippen LogP contribution in [-0.2, 0) is 6.54 Å². The van der Waals surface area contributed by atoms with E-state index in [9.17, 15) is 4.79 Å². The van der Waals surface area contributed by atoms with Gasteiger partial charge in [0.1, 0.15) is 0 Å². The molecule has 0 unspecified atom stereocenters. The summed E-state index contributed by atoms with van der Waals surface area (Å²) in [5.74, 6) is 5.08. The highest BCUT2D eigenvalue weighted by molar-refractivity contribution is 5.73. The molecule has 5 heteroatoms. The number of aromatic nitrogens is 2. The van der Waals surface area contributed by atoms with Crippen LogP contribution in [0.1, 0.15) is 15.9 Å². The minimum absolute atomic E-state index is 0.618. The first-order valence-electron chi connectivity index (χ1n) is 5.04. The van der Waals surface area contributed by atoms with Crippen molar-refractivity contribution >= 4 is 6.29 Å². The van der Waals surface area contributed by atoms with Gasteiger partial charge < -0.3 is 0 Å². The van der Waals surface area contributed by atoms with Gasteiger partial charge >= 0.3 is 0 Å². The van der Waals surface area contributed by atoms with Gasteiger partial charge in [0.15, 0.2) is 6.29 Å². The van der Waals surface area contributed by atoms with Crippen molar-refractivity contribution in [2.24, 2.45) is 5.84 Å². The van der Waals surface area contributed by atoms with Gasteiger partial charge in [0.05, 0.1) is 0 Å². The fourth-order valence-electron chi connectivity index (χ4n) is 1.07. The maximum Gasteiger partial charge on any atom is 0.151 e. The molecule has 0 aromatic carbocycles. The molecule has 2 heterocycles. The van der Waals surface area contributed by atoms with Gasteiger partial charge in [-0.1, -0.05) is 6.07 Å². The lowest BCUT2D eigenvalue weighted by Crippen LogP contribution is -2.20. The van der Waals surface area contributed by atoms with Gasteiger partial charge in [-0.05, 0) is 23.8 Å². The van der Waals surface area contributed by atoms with E-state index in [4.69, 9.17) is 5.84 Å². The Hall–Kier alpha value is -2.11. The number of nitrogens with one attached hydrogen (secondary N) is 1. The van der Waals surface area contributed by atoms with Gasteiger partial charge in [0.25, 0.3) is 0 Å². The van der Waals surface area contributed by atoms with Crippen LogP contribution in [0, 0.1) is 0 Å². The number of nitrogens with zero attached hydrogens (tertiary/aromatic N) is 2. The van der Waals surface area contributed by atoms with Crippen LogP contribution in [0.25, 0.3) is 0 Å². The molecule has 0 aliphatic rings. The van der Waals surface area contributed by atoms with Crippen molar-refractivity contribution < 1.29 is 4.79 Å². The van der Waals surface area contributed by atoms with Crippen molar-refractivity contribution in [1.82, 2.24) is 15.4 Å². The Labute approximate surface area is 99.7 Å². The zero-order chi connectivity index (χ0) is 12.3. The standard InChI is InChI=1S/C6H9N3.C6H5NO/c7-9-5-6-2-1-3-8-4-6;8-5-6-2-1-3-7-4-6/h1-4,9H,5,7H2;1-5H. The highest BCUT2D eigenvalue weighted by atomic mass is 16.1. The van der Waals surface area contributed by atoms with E-state index in [0.717, 1.165) is 11.8 Å². The van der Waals surface area contributed by atoms with Crippen LogP contribution in [0.3, 0.4) is 0 Å². The van der Waals surface area contributed by atoms with Crippen molar-refractivity contribution in [3.05, 3.63) is 60.2 Å². The lowest BCUT2D eigenvalue weighted by molar-refractivity contribution is 0.112. The molecule has 2 aromatic rings. The third-order valence-electron chi connectivity index (χ3n) is 1.85. The average Bonchev–Trinajstić information content (AvgIpc) is 2.42. The largest absolute Gasteiger partial charge is 0.298 e. The quantitative estimate of drug-likeness (QED) is 0.466. The minimum Gasteiger partial charge on any atom is -0.298 e. The second-order valence-electron chi connectivity index (χ2n) is 3.15. The predicted octanol–water partition coefficient (Wildman–Crippen LogP) is 0.939. The topological polar surface area (TPSA) is 80.9 Å². The second-order valence-corrected chi connectivity index (χ2v) is 3.15. The minimum atomic E-state index is 0.618. The van der Waals surface area contributed by atoms with Crippen molar-refractivity contribution in [3.8, 4) is 0 Å². The lowest BCUT2D eigenvalue weighted by atomic mass is 10.3. The number of pyridine rings is 2. The molecule has 0 atom stereocenters. The molecule has 0 bridgehead atoms. The van der Waals surface area contributed by atoms with Gasteiger partial charge in [-0.15, -0.1) is 0 Å². The molecule has 0 saturated carbocycles. The van der Waals surface area contributed by atoms with Crippen LogP contribution in [0.4, 0.5) is 0 Å². The van der Waals surface area contributed by atoms with Crippen LogP contribution in [0.5, 0.6) is 0 Å². The van der Waals surface area contributed by atoms with Gasteiger partial charge in [-0.2, -0.15) is 0 Å². The van der Waals surface area contributed by atoms with E-state index in [0.29, 0.717) is 12.1 Å². The molecule has 0 radical (unpaired) electrons. The van der Waals surface area contributed by atoms with E-state index in [1.807, 2.05) is 12.1 Å². The lowest BCUT2D eigenvalue weighted by Gasteiger charge is -1.95. The smallest absolute Gasteiger partial charge is 0.151 e. The Morgan fingerprint density at radius 3 is 2.29 bits per heavy atom. The summed E-state index contributed by atoms with van der Waals surface area (Å²) >= 11 is 0. The number of hydrazine groups is 1. The summed E-state index contributed by atoms with van der Waals surface area (Å²) in [6.07, 6.45) is 7.44. The first-order valence-corrected chi connectivity index (χ1v) is 5.04. The SMILES string of the molecule is NNCc1cccnc1.O=Cc1cccnc1. The maximum atomic E-state index is 9.97. The van der Waals surface area contributed by atoms with Crippen molar-refractivity contribution in [3.63, 3.8) is 0 Å². The molecule has 0 fully saturated rings. The highest BCUT2D eigenvalue weighted by Gasteiger charge is 1.85. The first-order chi connectivity index (χ1) is 8.36. The molecule has 2 aromatic heterocycles. The third-order valence-corrected chi connectivity index (χ3v) is 1.85. The summed E-state index contributed by atoms with van der Waals surface area (Å²) in [5, 5.41) is 0. The molecular weight excluding hydrogens is 216 g/mol. The molecule has 0 aliphatic heterocycles. The van der Waals surface area contributed by atoms with Crippen LogP contribution < -0.4 is 11.3 Å². The summed E-state index contributed by atoms with van der Waals surface area (Å²) in [6.45, 7) is 0.674. The molecular formula is C12H14N4O. The zero-order valence-corrected chi connectivity index (χ0v) is 9.28. The van der Waals surface area contributed by atoms with Gasteiger partial charge in [0.2, 0.25) is 0 Å². The first kappa shape index (κ1) is 13.0. The van der Waals surface area contributed by atoms with Crippen LogP contribution in [-0.4, -0.2) is 16.3 Å². The van der Waals surface area contributed by atoms with E-state index in [1.54, 1.807) is 30.7 Å². The predicted molar refractivity (Wildman–Crippen MR) is 64.9 cm³/mol. The van der Waals surface area contributed by atoms with Gasteiger partial charge in [-0.25, -0.2) is 0 Å². The molecule has 88 valence electrons. The van der Waals surface area contributed by atoms with Crippen LogP contribution in [0.15, 0.2) is 49.1 Å².